The van der Waals surface area contributed by atoms with Gasteiger partial charge in [0.05, 0.1) is 11.7 Å². The summed E-state index contributed by atoms with van der Waals surface area (Å²) in [7, 11) is 0. The minimum Gasteiger partial charge on any atom is -0.477 e. The van der Waals surface area contributed by atoms with Gasteiger partial charge in [0, 0.05) is 10.4 Å². The molecule has 84 valence electrons. The van der Waals surface area contributed by atoms with Gasteiger partial charge in [0.1, 0.15) is 5.65 Å². The number of carbonyl (C=O) groups is 1. The summed E-state index contributed by atoms with van der Waals surface area (Å²) in [5.41, 5.74) is 1.53. The number of carboxylic acid groups (broad SMARTS) is 1. The quantitative estimate of drug-likeness (QED) is 0.718. The summed E-state index contributed by atoms with van der Waals surface area (Å²) in [4.78, 5) is 15.2. The Balaban J connectivity index is 2.52. The van der Waals surface area contributed by atoms with Gasteiger partial charge < -0.3 is 5.11 Å². The van der Waals surface area contributed by atoms with Gasteiger partial charge in [-0.2, -0.15) is 0 Å². The molecule has 5 heteroatoms. The van der Waals surface area contributed by atoms with Crippen LogP contribution in [-0.2, 0) is 0 Å². The maximum absolute atomic E-state index is 11.1. The van der Waals surface area contributed by atoms with E-state index in [-0.39, 0.29) is 5.69 Å². The van der Waals surface area contributed by atoms with E-state index in [4.69, 9.17) is 16.7 Å². The third-order valence-corrected chi connectivity index (χ3v) is 2.89. The summed E-state index contributed by atoms with van der Waals surface area (Å²) in [5, 5.41) is 10.6. The van der Waals surface area contributed by atoms with E-state index in [1.807, 2.05) is 6.07 Å². The number of carboxylic acids is 1. The first kappa shape index (κ1) is 10.1. The van der Waals surface area contributed by atoms with Gasteiger partial charge in [-0.15, -0.1) is 0 Å². The first-order valence-corrected chi connectivity index (χ1v) is 5.33. The molecule has 0 amide bonds. The van der Waals surface area contributed by atoms with Gasteiger partial charge in [-0.05, 0) is 30.3 Å². The molecule has 0 atom stereocenters. The standard InChI is InChI=1S/C12H7ClN2O2/c13-8-2-3-9-7(5-8)1-4-11-14-6-10(12(16)17)15(9)11/h1-6H,(H,16,17). The number of hydrogen-bond donors (Lipinski definition) is 1. The number of aromatic nitrogens is 2. The lowest BCUT2D eigenvalue weighted by Crippen LogP contribution is -2.02. The number of pyridine rings is 1. The number of fused-ring (bicyclic) bond motifs is 3. The van der Waals surface area contributed by atoms with E-state index in [2.05, 4.69) is 4.98 Å². The monoisotopic (exact) mass is 246 g/mol. The Bertz CT molecular complexity index is 749. The molecule has 1 N–H and O–H groups in total. The summed E-state index contributed by atoms with van der Waals surface area (Å²) < 4.78 is 1.61. The van der Waals surface area contributed by atoms with Crippen molar-refractivity contribution in [2.45, 2.75) is 0 Å². The molecule has 17 heavy (non-hydrogen) atoms. The zero-order chi connectivity index (χ0) is 12.0. The second-order valence-electron chi connectivity index (χ2n) is 3.68. The molecule has 0 unspecified atom stereocenters. The molecule has 2 heterocycles. The predicted molar refractivity (Wildman–Crippen MR) is 64.7 cm³/mol. The lowest BCUT2D eigenvalue weighted by atomic mass is 10.2. The van der Waals surface area contributed by atoms with Crippen molar-refractivity contribution in [1.82, 2.24) is 9.38 Å². The summed E-state index contributed by atoms with van der Waals surface area (Å²) in [6.45, 7) is 0. The molecular weight excluding hydrogens is 240 g/mol. The first-order valence-electron chi connectivity index (χ1n) is 4.96. The van der Waals surface area contributed by atoms with Crippen molar-refractivity contribution in [1.29, 1.82) is 0 Å². The molecule has 0 saturated heterocycles. The van der Waals surface area contributed by atoms with Crippen LogP contribution in [0.25, 0.3) is 16.6 Å². The Labute approximate surface area is 101 Å². The molecule has 0 saturated carbocycles. The highest BCUT2D eigenvalue weighted by Gasteiger charge is 2.12. The van der Waals surface area contributed by atoms with Crippen LogP contribution in [0.5, 0.6) is 0 Å². The third kappa shape index (κ3) is 1.45. The van der Waals surface area contributed by atoms with Gasteiger partial charge >= 0.3 is 5.97 Å². The lowest BCUT2D eigenvalue weighted by Gasteiger charge is -2.04. The van der Waals surface area contributed by atoms with Crippen LogP contribution in [0.4, 0.5) is 0 Å². The van der Waals surface area contributed by atoms with E-state index >= 15 is 0 Å². The smallest absolute Gasteiger partial charge is 0.354 e. The van der Waals surface area contributed by atoms with Gasteiger partial charge in [-0.1, -0.05) is 11.6 Å². The van der Waals surface area contributed by atoms with Gasteiger partial charge in [0.15, 0.2) is 5.69 Å². The molecule has 0 radical (unpaired) electrons. The van der Waals surface area contributed by atoms with Crippen molar-refractivity contribution >= 4 is 34.1 Å². The fraction of sp³-hybridized carbons (Fsp3) is 0. The first-order chi connectivity index (χ1) is 8.16. The number of rotatable bonds is 1. The topological polar surface area (TPSA) is 54.6 Å². The van der Waals surface area contributed by atoms with Crippen molar-refractivity contribution in [3.63, 3.8) is 0 Å². The second kappa shape index (κ2) is 3.46. The van der Waals surface area contributed by atoms with Crippen LogP contribution in [0.15, 0.2) is 36.5 Å². The van der Waals surface area contributed by atoms with Crippen LogP contribution in [-0.4, -0.2) is 20.5 Å². The minimum absolute atomic E-state index is 0.146. The van der Waals surface area contributed by atoms with E-state index in [1.165, 1.54) is 6.20 Å². The molecule has 2 aromatic heterocycles. The highest BCUT2D eigenvalue weighted by molar-refractivity contribution is 6.31. The summed E-state index contributed by atoms with van der Waals surface area (Å²) >= 11 is 5.90. The molecule has 0 bridgehead atoms. The molecule has 4 nitrogen and oxygen atoms in total. The molecule has 0 aliphatic heterocycles. The Morgan fingerprint density at radius 2 is 2.12 bits per heavy atom. The van der Waals surface area contributed by atoms with Crippen molar-refractivity contribution in [3.8, 4) is 0 Å². The minimum atomic E-state index is -1.00. The number of imidazole rings is 1. The van der Waals surface area contributed by atoms with Crippen molar-refractivity contribution in [2.24, 2.45) is 0 Å². The van der Waals surface area contributed by atoms with E-state index < -0.39 is 5.97 Å². The zero-order valence-corrected chi connectivity index (χ0v) is 9.35. The van der Waals surface area contributed by atoms with Crippen LogP contribution in [0.3, 0.4) is 0 Å². The molecule has 1 aromatic carbocycles. The second-order valence-corrected chi connectivity index (χ2v) is 4.12. The normalized spacial score (nSPS) is 11.1. The van der Waals surface area contributed by atoms with E-state index in [1.54, 1.807) is 28.7 Å². The maximum Gasteiger partial charge on any atom is 0.354 e. The Kier molecular flexibility index (Phi) is 2.06. The Morgan fingerprint density at radius 3 is 2.88 bits per heavy atom. The Morgan fingerprint density at radius 1 is 1.29 bits per heavy atom. The number of halogens is 1. The van der Waals surface area contributed by atoms with Crippen molar-refractivity contribution < 1.29 is 9.90 Å². The fourth-order valence-corrected chi connectivity index (χ4v) is 2.10. The number of nitrogens with zero attached hydrogens (tertiary/aromatic N) is 2. The largest absolute Gasteiger partial charge is 0.477 e. The molecule has 0 spiro atoms. The Hall–Kier alpha value is -2.07. The summed E-state index contributed by atoms with van der Waals surface area (Å²) in [6, 6.07) is 8.95. The highest BCUT2D eigenvalue weighted by Crippen LogP contribution is 2.22. The molecule has 0 aliphatic rings. The van der Waals surface area contributed by atoms with Crippen LogP contribution in [0.1, 0.15) is 10.5 Å². The average molecular weight is 247 g/mol. The molecule has 3 aromatic rings. The maximum atomic E-state index is 11.1. The van der Waals surface area contributed by atoms with E-state index in [9.17, 15) is 4.79 Å². The van der Waals surface area contributed by atoms with E-state index in [0.29, 0.717) is 10.7 Å². The van der Waals surface area contributed by atoms with Crippen LogP contribution in [0, 0.1) is 0 Å². The van der Waals surface area contributed by atoms with Gasteiger partial charge in [-0.25, -0.2) is 9.78 Å². The van der Waals surface area contributed by atoms with E-state index in [0.717, 1.165) is 10.9 Å². The zero-order valence-electron chi connectivity index (χ0n) is 8.59. The predicted octanol–water partition coefficient (Wildman–Crippen LogP) is 2.84. The number of hydrogen-bond acceptors (Lipinski definition) is 2. The number of aromatic carboxylic acids is 1. The van der Waals surface area contributed by atoms with Crippen molar-refractivity contribution in [2.75, 3.05) is 0 Å². The van der Waals surface area contributed by atoms with Gasteiger partial charge in [0.25, 0.3) is 0 Å². The number of benzene rings is 1. The molecule has 0 fully saturated rings. The average Bonchev–Trinajstić information content (AvgIpc) is 2.72. The SMILES string of the molecule is O=C(O)c1cnc2ccc3cc(Cl)ccc3n12. The van der Waals surface area contributed by atoms with Crippen LogP contribution in [0.2, 0.25) is 5.02 Å². The van der Waals surface area contributed by atoms with Crippen LogP contribution >= 0.6 is 11.6 Å². The van der Waals surface area contributed by atoms with Crippen LogP contribution < -0.4 is 0 Å². The molecule has 3 rings (SSSR count). The summed E-state index contributed by atoms with van der Waals surface area (Å²) in [6.07, 6.45) is 1.35. The molecule has 0 aliphatic carbocycles. The summed E-state index contributed by atoms with van der Waals surface area (Å²) in [5.74, 6) is -1.00. The lowest BCUT2D eigenvalue weighted by molar-refractivity contribution is 0.0690. The van der Waals surface area contributed by atoms with Gasteiger partial charge in [-0.3, -0.25) is 4.40 Å². The third-order valence-electron chi connectivity index (χ3n) is 2.65. The van der Waals surface area contributed by atoms with Crippen molar-refractivity contribution in [3.05, 3.63) is 47.2 Å². The van der Waals surface area contributed by atoms with Gasteiger partial charge in [0.2, 0.25) is 0 Å². The fourth-order valence-electron chi connectivity index (χ4n) is 1.91. The molecular formula is C12H7ClN2O2. The highest BCUT2D eigenvalue weighted by atomic mass is 35.5.